The highest BCUT2D eigenvalue weighted by atomic mass is 16.1. The van der Waals surface area contributed by atoms with Crippen LogP contribution in [0.25, 0.3) is 0 Å². The minimum Gasteiger partial charge on any atom is -0.356 e. The minimum atomic E-state index is -0.128. The van der Waals surface area contributed by atoms with Crippen molar-refractivity contribution < 1.29 is 4.79 Å². The smallest absolute Gasteiger partial charge is 0.255 e. The Hall–Kier alpha value is -3.28. The summed E-state index contributed by atoms with van der Waals surface area (Å²) in [6.45, 7) is 1.09. The molecule has 3 aromatic rings. The van der Waals surface area contributed by atoms with Crippen LogP contribution in [0.2, 0.25) is 0 Å². The maximum Gasteiger partial charge on any atom is 0.255 e. The molecule has 0 bridgehead atoms. The summed E-state index contributed by atoms with van der Waals surface area (Å²) in [5.74, 6) is 0.543. The van der Waals surface area contributed by atoms with Gasteiger partial charge >= 0.3 is 0 Å². The standard InChI is InChI=1S/C21H22N4O2/c26-16-19-10-9-18(14-24-19)15-25-20(27)11-13-23-21(25)22-12-5-4-8-17-6-2-1-3-7-17/h1-3,6-7,9-11,13-14,16H,4-5,8,12,15H2,(H,22,23). The van der Waals surface area contributed by atoms with E-state index in [-0.39, 0.29) is 5.56 Å². The molecule has 0 radical (unpaired) electrons. The van der Waals surface area contributed by atoms with Crippen LogP contribution in [0.5, 0.6) is 0 Å². The van der Waals surface area contributed by atoms with Crippen LogP contribution in [-0.2, 0) is 13.0 Å². The van der Waals surface area contributed by atoms with Crippen molar-refractivity contribution in [2.75, 3.05) is 11.9 Å². The molecule has 2 heterocycles. The van der Waals surface area contributed by atoms with Crippen LogP contribution in [0.15, 0.2) is 65.7 Å². The molecule has 0 saturated heterocycles. The number of carbonyl (C=O) groups excluding carboxylic acids is 1. The Balaban J connectivity index is 1.57. The van der Waals surface area contributed by atoms with Gasteiger partial charge in [-0.2, -0.15) is 0 Å². The van der Waals surface area contributed by atoms with Crippen LogP contribution in [0, 0.1) is 0 Å². The summed E-state index contributed by atoms with van der Waals surface area (Å²) in [7, 11) is 0. The first-order valence-electron chi connectivity index (χ1n) is 9.00. The molecule has 0 aliphatic heterocycles. The first kappa shape index (κ1) is 18.5. The molecule has 27 heavy (non-hydrogen) atoms. The van der Waals surface area contributed by atoms with Crippen molar-refractivity contribution in [3.8, 4) is 0 Å². The Morgan fingerprint density at radius 1 is 0.963 bits per heavy atom. The van der Waals surface area contributed by atoms with Crippen LogP contribution in [0.4, 0.5) is 5.95 Å². The third kappa shape index (κ3) is 5.34. The summed E-state index contributed by atoms with van der Waals surface area (Å²) in [5.41, 5.74) is 2.41. The number of anilines is 1. The molecule has 0 fully saturated rings. The number of aromatic nitrogens is 3. The van der Waals surface area contributed by atoms with Crippen molar-refractivity contribution in [3.63, 3.8) is 0 Å². The van der Waals surface area contributed by atoms with Gasteiger partial charge < -0.3 is 5.32 Å². The van der Waals surface area contributed by atoms with E-state index in [1.807, 2.05) is 6.07 Å². The minimum absolute atomic E-state index is 0.128. The average Bonchev–Trinajstić information content (AvgIpc) is 2.71. The predicted octanol–water partition coefficient (Wildman–Crippen LogP) is 2.93. The van der Waals surface area contributed by atoms with E-state index < -0.39 is 0 Å². The SMILES string of the molecule is O=Cc1ccc(Cn2c(NCCCCc3ccccc3)nccc2=O)cn1. The zero-order valence-corrected chi connectivity index (χ0v) is 15.0. The highest BCUT2D eigenvalue weighted by molar-refractivity contribution is 5.71. The number of pyridine rings is 1. The number of unbranched alkanes of at least 4 members (excludes halogenated alkanes) is 1. The first-order chi connectivity index (χ1) is 13.3. The second-order valence-electron chi connectivity index (χ2n) is 6.27. The molecule has 0 aliphatic rings. The van der Waals surface area contributed by atoms with Crippen LogP contribution in [-0.4, -0.2) is 27.4 Å². The van der Waals surface area contributed by atoms with Crippen molar-refractivity contribution in [1.29, 1.82) is 0 Å². The second-order valence-corrected chi connectivity index (χ2v) is 6.27. The third-order valence-corrected chi connectivity index (χ3v) is 4.26. The Bertz CT molecular complexity index is 921. The number of hydrogen-bond donors (Lipinski definition) is 1. The summed E-state index contributed by atoms with van der Waals surface area (Å²) in [4.78, 5) is 31.3. The molecule has 0 unspecified atom stereocenters. The Morgan fingerprint density at radius 2 is 1.81 bits per heavy atom. The molecular weight excluding hydrogens is 340 g/mol. The van der Waals surface area contributed by atoms with Gasteiger partial charge in [-0.3, -0.25) is 19.1 Å². The van der Waals surface area contributed by atoms with Crippen molar-refractivity contribution in [2.45, 2.75) is 25.8 Å². The number of rotatable bonds is 9. The zero-order valence-electron chi connectivity index (χ0n) is 15.0. The molecule has 0 atom stereocenters. The Morgan fingerprint density at radius 3 is 2.56 bits per heavy atom. The summed E-state index contributed by atoms with van der Waals surface area (Å²) in [5, 5.41) is 3.26. The van der Waals surface area contributed by atoms with Gasteiger partial charge in [0.25, 0.3) is 5.56 Å². The number of nitrogens with one attached hydrogen (secondary N) is 1. The largest absolute Gasteiger partial charge is 0.356 e. The van der Waals surface area contributed by atoms with E-state index in [0.29, 0.717) is 24.5 Å². The fourth-order valence-corrected chi connectivity index (χ4v) is 2.81. The number of nitrogens with zero attached hydrogens (tertiary/aromatic N) is 3. The van der Waals surface area contributed by atoms with E-state index in [1.54, 1.807) is 22.9 Å². The lowest BCUT2D eigenvalue weighted by atomic mass is 10.1. The van der Waals surface area contributed by atoms with E-state index in [1.165, 1.54) is 17.8 Å². The van der Waals surface area contributed by atoms with E-state index >= 15 is 0 Å². The molecule has 138 valence electrons. The normalized spacial score (nSPS) is 10.5. The molecule has 1 N–H and O–H groups in total. The molecule has 3 rings (SSSR count). The van der Waals surface area contributed by atoms with Crippen molar-refractivity contribution in [3.05, 3.63) is 88.1 Å². The quantitative estimate of drug-likeness (QED) is 0.468. The molecule has 6 nitrogen and oxygen atoms in total. The molecule has 6 heteroatoms. The van der Waals surface area contributed by atoms with E-state index in [9.17, 15) is 9.59 Å². The van der Waals surface area contributed by atoms with Crippen molar-refractivity contribution in [2.24, 2.45) is 0 Å². The molecule has 0 amide bonds. The molecule has 0 aliphatic carbocycles. The topological polar surface area (TPSA) is 76.9 Å². The van der Waals surface area contributed by atoms with Crippen LogP contribution in [0.3, 0.4) is 0 Å². The van der Waals surface area contributed by atoms with Gasteiger partial charge in [-0.25, -0.2) is 4.98 Å². The zero-order chi connectivity index (χ0) is 18.9. The van der Waals surface area contributed by atoms with E-state index in [2.05, 4.69) is 39.6 Å². The van der Waals surface area contributed by atoms with Gasteiger partial charge in [0.1, 0.15) is 5.69 Å². The van der Waals surface area contributed by atoms with Gasteiger partial charge in [0.2, 0.25) is 5.95 Å². The first-order valence-corrected chi connectivity index (χ1v) is 9.00. The number of aldehydes is 1. The van der Waals surface area contributed by atoms with Gasteiger partial charge in [0.05, 0.1) is 6.54 Å². The lowest BCUT2D eigenvalue weighted by molar-refractivity contribution is 0.111. The molecular formula is C21H22N4O2. The maximum absolute atomic E-state index is 12.2. The van der Waals surface area contributed by atoms with Crippen LogP contribution in [0.1, 0.15) is 34.5 Å². The Kier molecular flexibility index (Phi) is 6.46. The van der Waals surface area contributed by atoms with E-state index in [4.69, 9.17) is 0 Å². The summed E-state index contributed by atoms with van der Waals surface area (Å²) < 4.78 is 1.58. The third-order valence-electron chi connectivity index (χ3n) is 4.26. The predicted molar refractivity (Wildman–Crippen MR) is 105 cm³/mol. The fourth-order valence-electron chi connectivity index (χ4n) is 2.81. The lowest BCUT2D eigenvalue weighted by Crippen LogP contribution is -2.24. The number of aryl methyl sites for hydroxylation is 1. The summed E-state index contributed by atoms with van der Waals surface area (Å²) >= 11 is 0. The van der Waals surface area contributed by atoms with Crippen molar-refractivity contribution >= 4 is 12.2 Å². The van der Waals surface area contributed by atoms with Crippen LogP contribution >= 0.6 is 0 Å². The monoisotopic (exact) mass is 362 g/mol. The molecule has 0 spiro atoms. The van der Waals surface area contributed by atoms with Gasteiger partial charge in [0.15, 0.2) is 6.29 Å². The number of carbonyl (C=O) groups is 1. The van der Waals surface area contributed by atoms with E-state index in [0.717, 1.165) is 31.4 Å². The number of benzene rings is 1. The average molecular weight is 362 g/mol. The molecule has 1 aromatic carbocycles. The van der Waals surface area contributed by atoms with Gasteiger partial charge in [-0.05, 0) is 36.5 Å². The Labute approximate surface area is 157 Å². The molecule has 2 aromatic heterocycles. The van der Waals surface area contributed by atoms with Gasteiger partial charge in [0, 0.05) is 25.0 Å². The second kappa shape index (κ2) is 9.43. The molecule has 0 saturated carbocycles. The summed E-state index contributed by atoms with van der Waals surface area (Å²) in [6, 6.07) is 15.3. The summed E-state index contributed by atoms with van der Waals surface area (Å²) in [6.07, 6.45) is 6.89. The highest BCUT2D eigenvalue weighted by Crippen LogP contribution is 2.08. The number of hydrogen-bond acceptors (Lipinski definition) is 5. The lowest BCUT2D eigenvalue weighted by Gasteiger charge is -2.13. The van der Waals surface area contributed by atoms with Crippen LogP contribution < -0.4 is 10.9 Å². The maximum atomic E-state index is 12.2. The fraction of sp³-hybridized carbons (Fsp3) is 0.238. The van der Waals surface area contributed by atoms with Crippen molar-refractivity contribution in [1.82, 2.24) is 14.5 Å². The van der Waals surface area contributed by atoms with Gasteiger partial charge in [-0.15, -0.1) is 0 Å². The highest BCUT2D eigenvalue weighted by Gasteiger charge is 2.06. The van der Waals surface area contributed by atoms with Gasteiger partial charge in [-0.1, -0.05) is 36.4 Å².